The number of carbonyl (C=O) groups excluding carboxylic acids is 1. The Kier molecular flexibility index (Phi) is 8.35. The summed E-state index contributed by atoms with van der Waals surface area (Å²) in [4.78, 5) is 22.3. The van der Waals surface area contributed by atoms with E-state index in [1.165, 1.54) is 7.11 Å². The van der Waals surface area contributed by atoms with Crippen LogP contribution in [0.4, 0.5) is 4.79 Å². The third kappa shape index (κ3) is 9.53. The van der Waals surface area contributed by atoms with Gasteiger partial charge in [-0.15, -0.1) is 0 Å². The van der Waals surface area contributed by atoms with Crippen LogP contribution < -0.4 is 9.44 Å². The highest BCUT2D eigenvalue weighted by Crippen LogP contribution is 2.28. The molecule has 10 heteroatoms. The average molecular weight is 340 g/mol. The molecule has 0 saturated heterocycles. The van der Waals surface area contributed by atoms with Gasteiger partial charge in [0.15, 0.2) is 0 Å². The third-order valence-electron chi connectivity index (χ3n) is 2.88. The molecule has 0 rings (SSSR count). The predicted octanol–water partition coefficient (Wildman–Crippen LogP) is 0.330. The fourth-order valence-electron chi connectivity index (χ4n) is 1.46. The predicted molar refractivity (Wildman–Crippen MR) is 78.5 cm³/mol. The largest absolute Gasteiger partial charge is 0.481 e. The lowest BCUT2D eigenvalue weighted by atomic mass is 9.79. The van der Waals surface area contributed by atoms with Crippen molar-refractivity contribution in [3.8, 4) is 0 Å². The number of carboxylic acid groups (broad SMARTS) is 1. The third-order valence-corrected chi connectivity index (χ3v) is 3.90. The molecule has 0 heterocycles. The second-order valence-electron chi connectivity index (χ2n) is 5.75. The maximum Gasteiger partial charge on any atom is 0.421 e. The molecule has 0 bridgehead atoms. The van der Waals surface area contributed by atoms with Gasteiger partial charge in [-0.2, -0.15) is 13.1 Å². The van der Waals surface area contributed by atoms with Crippen LogP contribution >= 0.6 is 0 Å². The molecule has 0 fully saturated rings. The Labute approximate surface area is 130 Å². The summed E-state index contributed by atoms with van der Waals surface area (Å²) in [6.45, 7) is 5.39. The van der Waals surface area contributed by atoms with Crippen molar-refractivity contribution < 1.29 is 32.6 Å². The maximum absolute atomic E-state index is 11.5. The van der Waals surface area contributed by atoms with Gasteiger partial charge in [-0.3, -0.25) is 4.79 Å². The molecule has 0 aromatic carbocycles. The molecule has 1 amide bonds. The van der Waals surface area contributed by atoms with Crippen LogP contribution in [0.2, 0.25) is 0 Å². The number of carboxylic acids is 1. The van der Waals surface area contributed by atoms with Gasteiger partial charge in [-0.1, -0.05) is 20.8 Å². The lowest BCUT2D eigenvalue weighted by Crippen LogP contribution is -2.42. The normalized spacial score (nSPS) is 13.5. The van der Waals surface area contributed by atoms with E-state index in [1.807, 2.05) is 20.8 Å². The minimum Gasteiger partial charge on any atom is -0.481 e. The van der Waals surface area contributed by atoms with Crippen molar-refractivity contribution in [3.63, 3.8) is 0 Å². The highest BCUT2D eigenvalue weighted by atomic mass is 32.2. The molecule has 9 nitrogen and oxygen atoms in total. The van der Waals surface area contributed by atoms with E-state index in [0.29, 0.717) is 0 Å². The summed E-state index contributed by atoms with van der Waals surface area (Å²) in [5, 5.41) is 8.85. The minimum absolute atomic E-state index is 0.00272. The first-order valence-corrected chi connectivity index (χ1v) is 8.11. The van der Waals surface area contributed by atoms with Crippen molar-refractivity contribution in [1.82, 2.24) is 9.44 Å². The molecule has 0 aliphatic rings. The van der Waals surface area contributed by atoms with Crippen molar-refractivity contribution >= 4 is 22.3 Å². The first-order chi connectivity index (χ1) is 9.98. The van der Waals surface area contributed by atoms with Gasteiger partial charge in [0.05, 0.1) is 19.6 Å². The van der Waals surface area contributed by atoms with E-state index in [9.17, 15) is 18.0 Å². The molecule has 22 heavy (non-hydrogen) atoms. The van der Waals surface area contributed by atoms with Gasteiger partial charge in [0, 0.05) is 19.6 Å². The van der Waals surface area contributed by atoms with Gasteiger partial charge in [0.1, 0.15) is 0 Å². The van der Waals surface area contributed by atoms with Gasteiger partial charge in [-0.25, -0.2) is 9.52 Å². The second kappa shape index (κ2) is 8.91. The van der Waals surface area contributed by atoms with Gasteiger partial charge < -0.3 is 14.6 Å². The molecule has 0 spiro atoms. The minimum atomic E-state index is -4.03. The number of hydrogen-bond donors (Lipinski definition) is 3. The van der Waals surface area contributed by atoms with E-state index in [-0.39, 0.29) is 26.2 Å². The Morgan fingerprint density at radius 3 is 2.32 bits per heavy atom. The summed E-state index contributed by atoms with van der Waals surface area (Å²) in [5.74, 6) is -1.46. The molecular weight excluding hydrogens is 316 g/mol. The summed E-state index contributed by atoms with van der Waals surface area (Å²) >= 11 is 0. The summed E-state index contributed by atoms with van der Waals surface area (Å²) in [5.41, 5.74) is -0.408. The van der Waals surface area contributed by atoms with Crippen LogP contribution in [0.3, 0.4) is 0 Å². The van der Waals surface area contributed by atoms with E-state index in [0.717, 1.165) is 0 Å². The Bertz CT molecular complexity index is 470. The molecule has 1 unspecified atom stereocenters. The van der Waals surface area contributed by atoms with E-state index in [2.05, 4.69) is 9.46 Å². The molecule has 0 aromatic rings. The molecule has 1 atom stereocenters. The Morgan fingerprint density at radius 1 is 1.27 bits per heavy atom. The van der Waals surface area contributed by atoms with Crippen molar-refractivity contribution in [3.05, 3.63) is 0 Å². The summed E-state index contributed by atoms with van der Waals surface area (Å²) < 4.78 is 36.2. The summed E-state index contributed by atoms with van der Waals surface area (Å²) in [7, 11) is -2.62. The first kappa shape index (κ1) is 20.6. The Hall–Kier alpha value is -1.39. The average Bonchev–Trinajstić information content (AvgIpc) is 2.32. The smallest absolute Gasteiger partial charge is 0.421 e. The first-order valence-electron chi connectivity index (χ1n) is 6.63. The Balaban J connectivity index is 4.43. The van der Waals surface area contributed by atoms with E-state index < -0.39 is 33.6 Å². The number of amides is 1. The van der Waals surface area contributed by atoms with Crippen LogP contribution in [-0.4, -0.2) is 52.5 Å². The zero-order valence-electron chi connectivity index (χ0n) is 13.2. The molecule has 0 radical (unpaired) electrons. The van der Waals surface area contributed by atoms with Crippen LogP contribution in [0.25, 0.3) is 0 Å². The molecule has 3 N–H and O–H groups in total. The monoisotopic (exact) mass is 340 g/mol. The molecular formula is C12H24N2O7S. The van der Waals surface area contributed by atoms with E-state index >= 15 is 0 Å². The lowest BCUT2D eigenvalue weighted by molar-refractivity contribution is -0.139. The number of aliphatic carboxylic acids is 1. The fraction of sp³-hybridized carbons (Fsp3) is 0.833. The number of rotatable bonds is 9. The number of nitrogens with one attached hydrogen (secondary N) is 2. The molecule has 130 valence electrons. The Morgan fingerprint density at radius 2 is 1.86 bits per heavy atom. The molecule has 0 aliphatic heterocycles. The highest BCUT2D eigenvalue weighted by molar-refractivity contribution is 7.88. The molecule has 0 saturated carbocycles. The highest BCUT2D eigenvalue weighted by Gasteiger charge is 2.28. The fourth-order valence-corrected chi connectivity index (χ4v) is 2.16. The maximum atomic E-state index is 11.5. The second-order valence-corrected chi connectivity index (χ2v) is 7.25. The number of carbonyl (C=O) groups is 2. The zero-order valence-corrected chi connectivity index (χ0v) is 14.0. The van der Waals surface area contributed by atoms with Gasteiger partial charge in [-0.05, 0) is 5.41 Å². The van der Waals surface area contributed by atoms with E-state index in [4.69, 9.17) is 9.84 Å². The van der Waals surface area contributed by atoms with Crippen molar-refractivity contribution in [2.45, 2.75) is 27.2 Å². The van der Waals surface area contributed by atoms with Crippen LogP contribution in [0.1, 0.15) is 27.2 Å². The van der Waals surface area contributed by atoms with Crippen molar-refractivity contribution in [2.24, 2.45) is 11.3 Å². The number of methoxy groups -OCH3 is 1. The molecule has 0 aliphatic carbocycles. The van der Waals surface area contributed by atoms with Crippen molar-refractivity contribution in [1.29, 1.82) is 0 Å². The molecule has 0 aromatic heterocycles. The van der Waals surface area contributed by atoms with Crippen LogP contribution in [-0.2, 0) is 24.5 Å². The van der Waals surface area contributed by atoms with Crippen LogP contribution in [0.15, 0.2) is 0 Å². The van der Waals surface area contributed by atoms with Gasteiger partial charge in [0.2, 0.25) is 0 Å². The zero-order chi connectivity index (χ0) is 17.4. The number of hydrogen-bond acceptors (Lipinski definition) is 6. The lowest BCUT2D eigenvalue weighted by Gasteiger charge is -2.28. The van der Waals surface area contributed by atoms with Gasteiger partial charge >= 0.3 is 22.3 Å². The summed E-state index contributed by atoms with van der Waals surface area (Å²) in [6, 6.07) is 0. The summed E-state index contributed by atoms with van der Waals surface area (Å²) in [6.07, 6.45) is -1.35. The number of ether oxygens (including phenoxy) is 2. The van der Waals surface area contributed by atoms with Gasteiger partial charge in [0.25, 0.3) is 0 Å². The quantitative estimate of drug-likeness (QED) is 0.515. The SMILES string of the molecule is COCCNS(=O)(=O)NC(=O)OCC(CC(=O)O)C(C)(C)C. The topological polar surface area (TPSA) is 131 Å². The standard InChI is InChI=1S/C12H24N2O7S/c1-12(2,3)9(7-10(15)16)8-21-11(17)14-22(18,19)13-5-6-20-4/h9,13H,5-8H2,1-4H3,(H,14,17)(H,15,16). The van der Waals surface area contributed by atoms with Crippen LogP contribution in [0.5, 0.6) is 0 Å². The van der Waals surface area contributed by atoms with Crippen molar-refractivity contribution in [2.75, 3.05) is 26.9 Å². The van der Waals surface area contributed by atoms with Crippen LogP contribution in [0, 0.1) is 11.3 Å². The van der Waals surface area contributed by atoms with E-state index in [1.54, 1.807) is 4.72 Å².